The van der Waals surface area contributed by atoms with Gasteiger partial charge in [0.25, 0.3) is 11.5 Å². The molecule has 3 heterocycles. The summed E-state index contributed by atoms with van der Waals surface area (Å²) in [6.07, 6.45) is 1.38. The molecule has 4 aromatic rings. The van der Waals surface area contributed by atoms with Crippen molar-refractivity contribution in [2.24, 2.45) is 5.92 Å². The summed E-state index contributed by atoms with van der Waals surface area (Å²) in [6.45, 7) is 7.99. The molecule has 0 radical (unpaired) electrons. The fourth-order valence-corrected chi connectivity index (χ4v) is 4.25. The number of carbonyl (C=O) groups is 1. The number of hydrogen-bond donors (Lipinski definition) is 2. The summed E-state index contributed by atoms with van der Waals surface area (Å²) in [4.78, 5) is 38.0. The van der Waals surface area contributed by atoms with E-state index in [0.717, 1.165) is 11.9 Å². The van der Waals surface area contributed by atoms with Crippen LogP contribution in [-0.4, -0.2) is 38.6 Å². The number of nitrogens with zero attached hydrogens (tertiary/aromatic N) is 3. The monoisotopic (exact) mass is 453 g/mol. The highest BCUT2D eigenvalue weighted by molar-refractivity contribution is 7.12. The Bertz CT molecular complexity index is 1290. The number of thiophene rings is 1. The Morgan fingerprint density at radius 1 is 1.28 bits per heavy atom. The van der Waals surface area contributed by atoms with Gasteiger partial charge in [0, 0.05) is 19.8 Å². The molecule has 0 spiro atoms. The zero-order chi connectivity index (χ0) is 22.7. The Balaban J connectivity index is 1.77. The molecule has 0 aliphatic carbocycles. The van der Waals surface area contributed by atoms with Crippen molar-refractivity contribution < 1.29 is 9.53 Å². The van der Waals surface area contributed by atoms with Crippen molar-refractivity contribution in [3.05, 3.63) is 50.6 Å². The molecular weight excluding hydrogens is 426 g/mol. The topological polar surface area (TPSA) is 102 Å². The number of aromatic amines is 1. The molecule has 9 heteroatoms. The van der Waals surface area contributed by atoms with Crippen LogP contribution in [0, 0.1) is 5.92 Å². The second-order valence-corrected chi connectivity index (χ2v) is 8.99. The lowest BCUT2D eigenvalue weighted by Gasteiger charge is -2.10. The van der Waals surface area contributed by atoms with Crippen LogP contribution in [0.3, 0.4) is 0 Å². The quantitative estimate of drug-likeness (QED) is 0.370. The van der Waals surface area contributed by atoms with Gasteiger partial charge in [-0.2, -0.15) is 0 Å². The molecule has 0 atom stereocenters. The zero-order valence-corrected chi connectivity index (χ0v) is 19.3. The number of carbonyl (C=O) groups excluding carboxylic acids is 1. The molecule has 1 aromatic carbocycles. The zero-order valence-electron chi connectivity index (χ0n) is 18.5. The highest BCUT2D eigenvalue weighted by Crippen LogP contribution is 2.25. The van der Waals surface area contributed by atoms with Crippen molar-refractivity contribution in [2.75, 3.05) is 18.5 Å². The van der Waals surface area contributed by atoms with Gasteiger partial charge in [-0.3, -0.25) is 14.9 Å². The van der Waals surface area contributed by atoms with Gasteiger partial charge < -0.3 is 14.3 Å². The maximum absolute atomic E-state index is 12.7. The number of fused-ring (bicyclic) bond motifs is 2. The van der Waals surface area contributed by atoms with E-state index >= 15 is 0 Å². The summed E-state index contributed by atoms with van der Waals surface area (Å²) in [5.74, 6) is 0.597. The van der Waals surface area contributed by atoms with Crippen molar-refractivity contribution in [1.82, 2.24) is 19.5 Å². The number of nitrogens with one attached hydrogen (secondary N) is 2. The first kappa shape index (κ1) is 22.2. The predicted octanol–water partition coefficient (Wildman–Crippen LogP) is 4.21. The van der Waals surface area contributed by atoms with Gasteiger partial charge in [-0.25, -0.2) is 9.97 Å². The van der Waals surface area contributed by atoms with Gasteiger partial charge in [-0.15, -0.1) is 11.3 Å². The third-order valence-corrected chi connectivity index (χ3v) is 5.95. The van der Waals surface area contributed by atoms with Gasteiger partial charge in [-0.05, 0) is 49.3 Å². The number of rotatable bonds is 9. The maximum Gasteiger partial charge on any atom is 0.270 e. The van der Waals surface area contributed by atoms with Gasteiger partial charge in [-0.1, -0.05) is 19.9 Å². The minimum Gasteiger partial charge on any atom is -0.382 e. The Hall–Kier alpha value is -3.04. The Kier molecular flexibility index (Phi) is 6.66. The SMILES string of the molecule is CCOCCCn1c(NC(=O)c2cccs2)nc2cc3[nH]c(=O)c(CC(C)C)nc3cc21. The van der Waals surface area contributed by atoms with Crippen molar-refractivity contribution in [3.8, 4) is 0 Å². The minimum absolute atomic E-state index is 0.173. The summed E-state index contributed by atoms with van der Waals surface area (Å²) in [6, 6.07) is 7.37. The first-order valence-electron chi connectivity index (χ1n) is 10.8. The normalized spacial score (nSPS) is 11.6. The standard InChI is InChI=1S/C23H27N5O3S/c1-4-31-9-6-8-28-19-13-16-15(25-21(29)18(24-16)11-14(2)3)12-17(19)26-23(28)27-22(30)20-7-5-10-32-20/h5,7,10,12-14H,4,6,8-9,11H2,1-3H3,(H,25,29)(H,26,27,30). The lowest BCUT2D eigenvalue weighted by molar-refractivity contribution is 0.102. The number of H-pyrrole nitrogens is 1. The molecule has 168 valence electrons. The van der Waals surface area contributed by atoms with Crippen LogP contribution in [0.2, 0.25) is 0 Å². The highest BCUT2D eigenvalue weighted by Gasteiger charge is 2.17. The fraction of sp³-hybridized carbons (Fsp3) is 0.391. The van der Waals surface area contributed by atoms with Gasteiger partial charge in [0.05, 0.1) is 26.9 Å². The van der Waals surface area contributed by atoms with E-state index in [2.05, 4.69) is 34.1 Å². The van der Waals surface area contributed by atoms with Crippen LogP contribution in [0.1, 0.15) is 42.6 Å². The molecule has 0 saturated heterocycles. The second-order valence-electron chi connectivity index (χ2n) is 8.04. The number of ether oxygens (including phenoxy) is 1. The number of aryl methyl sites for hydroxylation is 1. The van der Waals surface area contributed by atoms with E-state index in [4.69, 9.17) is 4.74 Å². The predicted molar refractivity (Wildman–Crippen MR) is 128 cm³/mol. The second kappa shape index (κ2) is 9.62. The average Bonchev–Trinajstić information content (AvgIpc) is 3.39. The number of benzene rings is 1. The molecule has 1 amide bonds. The summed E-state index contributed by atoms with van der Waals surface area (Å²) in [5.41, 5.74) is 3.23. The molecule has 8 nitrogen and oxygen atoms in total. The van der Waals surface area contributed by atoms with E-state index < -0.39 is 0 Å². The molecule has 3 aromatic heterocycles. The van der Waals surface area contributed by atoms with Gasteiger partial charge in [0.15, 0.2) is 0 Å². The van der Waals surface area contributed by atoms with Gasteiger partial charge in [0.2, 0.25) is 5.95 Å². The van der Waals surface area contributed by atoms with Gasteiger partial charge in [0.1, 0.15) is 5.69 Å². The summed E-state index contributed by atoms with van der Waals surface area (Å²) in [5, 5.41) is 4.80. The average molecular weight is 454 g/mol. The minimum atomic E-state index is -0.198. The molecule has 2 N–H and O–H groups in total. The molecule has 0 fully saturated rings. The molecule has 0 bridgehead atoms. The third kappa shape index (κ3) is 4.73. The summed E-state index contributed by atoms with van der Waals surface area (Å²) >= 11 is 1.38. The molecule has 0 unspecified atom stereocenters. The third-order valence-electron chi connectivity index (χ3n) is 5.08. The largest absolute Gasteiger partial charge is 0.382 e. The van der Waals surface area contributed by atoms with E-state index in [1.165, 1.54) is 11.3 Å². The first-order valence-corrected chi connectivity index (χ1v) is 11.7. The van der Waals surface area contributed by atoms with Crippen molar-refractivity contribution in [1.29, 1.82) is 0 Å². The van der Waals surface area contributed by atoms with Crippen molar-refractivity contribution in [3.63, 3.8) is 0 Å². The van der Waals surface area contributed by atoms with Crippen LogP contribution in [0.25, 0.3) is 22.1 Å². The van der Waals surface area contributed by atoms with E-state index in [-0.39, 0.29) is 11.5 Å². The molecule has 32 heavy (non-hydrogen) atoms. The van der Waals surface area contributed by atoms with E-state index in [0.29, 0.717) is 65.2 Å². The van der Waals surface area contributed by atoms with Crippen LogP contribution in [0.15, 0.2) is 34.4 Å². The molecule has 4 rings (SSSR count). The van der Waals surface area contributed by atoms with Gasteiger partial charge >= 0.3 is 0 Å². The smallest absolute Gasteiger partial charge is 0.270 e. The number of hydrogen-bond acceptors (Lipinski definition) is 6. The van der Waals surface area contributed by atoms with Crippen molar-refractivity contribution >= 4 is 45.3 Å². The highest BCUT2D eigenvalue weighted by atomic mass is 32.1. The van der Waals surface area contributed by atoms with Crippen molar-refractivity contribution in [2.45, 2.75) is 40.2 Å². The van der Waals surface area contributed by atoms with Crippen LogP contribution in [-0.2, 0) is 17.7 Å². The summed E-state index contributed by atoms with van der Waals surface area (Å²) in [7, 11) is 0. The molecule has 0 aliphatic heterocycles. The number of anilines is 1. The molecule has 0 aliphatic rings. The fourth-order valence-electron chi connectivity index (χ4n) is 3.63. The Labute approximate surface area is 189 Å². The molecular formula is C23H27N5O3S. The van der Waals surface area contributed by atoms with E-state index in [9.17, 15) is 9.59 Å². The van der Waals surface area contributed by atoms with Crippen LogP contribution >= 0.6 is 11.3 Å². The van der Waals surface area contributed by atoms with E-state index in [1.54, 1.807) is 6.07 Å². The lowest BCUT2D eigenvalue weighted by atomic mass is 10.1. The van der Waals surface area contributed by atoms with Crippen LogP contribution in [0.5, 0.6) is 0 Å². The number of aromatic nitrogens is 4. The number of imidazole rings is 1. The first-order chi connectivity index (χ1) is 15.5. The van der Waals surface area contributed by atoms with Crippen LogP contribution < -0.4 is 10.9 Å². The Morgan fingerprint density at radius 3 is 2.84 bits per heavy atom. The summed E-state index contributed by atoms with van der Waals surface area (Å²) < 4.78 is 7.47. The maximum atomic E-state index is 12.7. The van der Waals surface area contributed by atoms with Crippen LogP contribution in [0.4, 0.5) is 5.95 Å². The lowest BCUT2D eigenvalue weighted by Crippen LogP contribution is -2.17. The molecule has 0 saturated carbocycles. The number of amides is 1. The van der Waals surface area contributed by atoms with E-state index in [1.807, 2.05) is 35.1 Å². The Morgan fingerprint density at radius 2 is 2.12 bits per heavy atom.